The fourth-order valence-electron chi connectivity index (χ4n) is 1.76. The summed E-state index contributed by atoms with van der Waals surface area (Å²) < 4.78 is 26.7. The monoisotopic (exact) mass is 332 g/mol. The summed E-state index contributed by atoms with van der Waals surface area (Å²) in [5.41, 5.74) is -0.660. The van der Waals surface area contributed by atoms with Crippen LogP contribution in [0.1, 0.15) is 5.56 Å². The van der Waals surface area contributed by atoms with Gasteiger partial charge in [-0.05, 0) is 12.1 Å². The topological polar surface area (TPSA) is 55.2 Å². The molecule has 0 unspecified atom stereocenters. The van der Waals surface area contributed by atoms with E-state index in [1.165, 1.54) is 0 Å². The molecule has 0 bridgehead atoms. The molecule has 2 aromatic carbocycles. The Morgan fingerprint density at radius 3 is 2.38 bits per heavy atom. The second kappa shape index (κ2) is 6.24. The van der Waals surface area contributed by atoms with E-state index in [1.807, 2.05) is 0 Å². The predicted octanol–water partition coefficient (Wildman–Crippen LogP) is 4.79. The van der Waals surface area contributed by atoms with E-state index >= 15 is 0 Å². The molecule has 0 atom stereocenters. The molecule has 0 radical (unpaired) electrons. The van der Waals surface area contributed by atoms with E-state index in [0.29, 0.717) is 27.7 Å². The third-order valence-corrected chi connectivity index (χ3v) is 3.44. The summed E-state index contributed by atoms with van der Waals surface area (Å²) in [6, 6.07) is 6.00. The molecule has 2 aromatic rings. The standard InChI is InChI=1S/C13H8Cl2F2N2O2/c14-9-2-1-3-10(15)8(9)6-18-13-11(17)4-7(16)5-12(13)19(20)21/h1-5,18H,6H2. The van der Waals surface area contributed by atoms with Crippen molar-refractivity contribution in [1.82, 2.24) is 0 Å². The predicted molar refractivity (Wildman–Crippen MR) is 76.8 cm³/mol. The fourth-order valence-corrected chi connectivity index (χ4v) is 2.29. The highest BCUT2D eigenvalue weighted by Crippen LogP contribution is 2.31. The molecule has 0 aliphatic rings. The first-order valence-corrected chi connectivity index (χ1v) is 6.46. The Hall–Kier alpha value is -1.92. The minimum atomic E-state index is -1.06. The normalized spacial score (nSPS) is 10.5. The van der Waals surface area contributed by atoms with Crippen LogP contribution in [0.15, 0.2) is 30.3 Å². The zero-order valence-corrected chi connectivity index (χ0v) is 11.9. The molecule has 0 saturated heterocycles. The summed E-state index contributed by atoms with van der Waals surface area (Å²) in [6.45, 7) is -0.0398. The van der Waals surface area contributed by atoms with Crippen LogP contribution in [0, 0.1) is 21.7 Å². The Kier molecular flexibility index (Phi) is 4.59. The SMILES string of the molecule is O=[N+]([O-])c1cc(F)cc(F)c1NCc1c(Cl)cccc1Cl. The van der Waals surface area contributed by atoms with Crippen molar-refractivity contribution in [1.29, 1.82) is 0 Å². The molecule has 2 rings (SSSR count). The highest BCUT2D eigenvalue weighted by Gasteiger charge is 2.20. The Labute approximate surface area is 128 Å². The van der Waals surface area contributed by atoms with Gasteiger partial charge in [-0.25, -0.2) is 8.78 Å². The van der Waals surface area contributed by atoms with Gasteiger partial charge in [0.25, 0.3) is 5.69 Å². The molecule has 0 aliphatic carbocycles. The second-order valence-electron chi connectivity index (χ2n) is 4.09. The number of benzene rings is 2. The van der Waals surface area contributed by atoms with Crippen molar-refractivity contribution < 1.29 is 13.7 Å². The van der Waals surface area contributed by atoms with Gasteiger partial charge in [0, 0.05) is 28.2 Å². The first-order valence-electron chi connectivity index (χ1n) is 5.70. The quantitative estimate of drug-likeness (QED) is 0.646. The number of anilines is 1. The van der Waals surface area contributed by atoms with Crippen LogP contribution in [0.25, 0.3) is 0 Å². The van der Waals surface area contributed by atoms with Crippen LogP contribution in [0.2, 0.25) is 10.0 Å². The Morgan fingerprint density at radius 2 is 1.81 bits per heavy atom. The summed E-state index contributed by atoms with van der Waals surface area (Å²) in [6.07, 6.45) is 0. The summed E-state index contributed by atoms with van der Waals surface area (Å²) in [5.74, 6) is -2.09. The molecule has 0 saturated carbocycles. The minimum Gasteiger partial charge on any atom is -0.373 e. The largest absolute Gasteiger partial charge is 0.373 e. The van der Waals surface area contributed by atoms with Crippen molar-refractivity contribution in [2.24, 2.45) is 0 Å². The molecule has 0 amide bonds. The van der Waals surface area contributed by atoms with Crippen molar-refractivity contribution in [2.75, 3.05) is 5.32 Å². The Balaban J connectivity index is 2.34. The van der Waals surface area contributed by atoms with Crippen molar-refractivity contribution in [3.8, 4) is 0 Å². The summed E-state index contributed by atoms with van der Waals surface area (Å²) in [7, 11) is 0. The van der Waals surface area contributed by atoms with Crippen molar-refractivity contribution >= 4 is 34.6 Å². The minimum absolute atomic E-state index is 0.0398. The first kappa shape index (κ1) is 15.5. The lowest BCUT2D eigenvalue weighted by Crippen LogP contribution is -2.06. The van der Waals surface area contributed by atoms with Crippen LogP contribution in [0.3, 0.4) is 0 Å². The second-order valence-corrected chi connectivity index (χ2v) is 4.91. The van der Waals surface area contributed by atoms with E-state index in [9.17, 15) is 18.9 Å². The molecular weight excluding hydrogens is 325 g/mol. The van der Waals surface area contributed by atoms with Crippen LogP contribution in [-0.2, 0) is 6.54 Å². The van der Waals surface area contributed by atoms with E-state index in [2.05, 4.69) is 5.32 Å². The summed E-state index contributed by atoms with van der Waals surface area (Å²) in [5, 5.41) is 14.1. The molecule has 0 fully saturated rings. The Morgan fingerprint density at radius 1 is 1.19 bits per heavy atom. The van der Waals surface area contributed by atoms with Crippen molar-refractivity contribution in [3.63, 3.8) is 0 Å². The summed E-state index contributed by atoms with van der Waals surface area (Å²) >= 11 is 11.9. The van der Waals surface area contributed by atoms with Crippen molar-refractivity contribution in [2.45, 2.75) is 6.54 Å². The van der Waals surface area contributed by atoms with E-state index in [4.69, 9.17) is 23.2 Å². The molecule has 0 aliphatic heterocycles. The van der Waals surface area contributed by atoms with Gasteiger partial charge in [-0.3, -0.25) is 10.1 Å². The van der Waals surface area contributed by atoms with Crippen LogP contribution in [0.5, 0.6) is 0 Å². The molecule has 0 aromatic heterocycles. The number of halogens is 4. The zero-order chi connectivity index (χ0) is 15.6. The van der Waals surface area contributed by atoms with Gasteiger partial charge in [-0.15, -0.1) is 0 Å². The molecule has 0 heterocycles. The maximum Gasteiger partial charge on any atom is 0.298 e. The maximum atomic E-state index is 13.7. The molecule has 110 valence electrons. The van der Waals surface area contributed by atoms with E-state index < -0.39 is 27.9 Å². The van der Waals surface area contributed by atoms with Gasteiger partial charge in [-0.2, -0.15) is 0 Å². The third-order valence-electron chi connectivity index (χ3n) is 2.73. The van der Waals surface area contributed by atoms with Crippen LogP contribution >= 0.6 is 23.2 Å². The highest BCUT2D eigenvalue weighted by atomic mass is 35.5. The third kappa shape index (κ3) is 3.40. The Bertz CT molecular complexity index is 691. The molecular formula is C13H8Cl2F2N2O2. The van der Waals surface area contributed by atoms with Crippen LogP contribution in [0.4, 0.5) is 20.2 Å². The molecule has 0 spiro atoms. The lowest BCUT2D eigenvalue weighted by Gasteiger charge is -2.11. The molecule has 4 nitrogen and oxygen atoms in total. The van der Waals surface area contributed by atoms with Gasteiger partial charge < -0.3 is 5.32 Å². The number of nitro groups is 1. The van der Waals surface area contributed by atoms with E-state index in [-0.39, 0.29) is 6.54 Å². The fraction of sp³-hybridized carbons (Fsp3) is 0.0769. The molecule has 21 heavy (non-hydrogen) atoms. The van der Waals surface area contributed by atoms with Crippen LogP contribution < -0.4 is 5.32 Å². The van der Waals surface area contributed by atoms with Gasteiger partial charge >= 0.3 is 0 Å². The van der Waals surface area contributed by atoms with Gasteiger partial charge in [0.1, 0.15) is 11.5 Å². The lowest BCUT2D eigenvalue weighted by molar-refractivity contribution is -0.384. The highest BCUT2D eigenvalue weighted by molar-refractivity contribution is 6.36. The molecule has 8 heteroatoms. The number of rotatable bonds is 4. The molecule has 1 N–H and O–H groups in total. The van der Waals surface area contributed by atoms with Gasteiger partial charge in [0.05, 0.1) is 11.0 Å². The number of nitrogens with one attached hydrogen (secondary N) is 1. The van der Waals surface area contributed by atoms with Crippen LogP contribution in [-0.4, -0.2) is 4.92 Å². The number of nitro benzene ring substituents is 1. The van der Waals surface area contributed by atoms with Gasteiger partial charge in [0.2, 0.25) is 0 Å². The van der Waals surface area contributed by atoms with Crippen molar-refractivity contribution in [3.05, 3.63) is 67.7 Å². The average molecular weight is 333 g/mol. The van der Waals surface area contributed by atoms with Gasteiger partial charge in [-0.1, -0.05) is 29.3 Å². The number of nitrogens with zero attached hydrogens (tertiary/aromatic N) is 1. The number of hydrogen-bond donors (Lipinski definition) is 1. The van der Waals surface area contributed by atoms with Gasteiger partial charge in [0.15, 0.2) is 5.82 Å². The summed E-state index contributed by atoms with van der Waals surface area (Å²) in [4.78, 5) is 9.98. The van der Waals surface area contributed by atoms with E-state index in [1.54, 1.807) is 18.2 Å². The first-order chi connectivity index (χ1) is 9.90. The number of hydrogen-bond acceptors (Lipinski definition) is 3. The zero-order valence-electron chi connectivity index (χ0n) is 10.4. The van der Waals surface area contributed by atoms with E-state index in [0.717, 1.165) is 0 Å². The smallest absolute Gasteiger partial charge is 0.298 e. The average Bonchev–Trinajstić information content (AvgIpc) is 2.39. The maximum absolute atomic E-state index is 13.7. The lowest BCUT2D eigenvalue weighted by atomic mass is 10.2.